The first kappa shape index (κ1) is 18.4. The third kappa shape index (κ3) is 5.91. The lowest BCUT2D eigenvalue weighted by atomic mass is 10.2. The Morgan fingerprint density at radius 2 is 1.92 bits per heavy atom. The highest BCUT2D eigenvalue weighted by Crippen LogP contribution is 2.25. The highest BCUT2D eigenvalue weighted by Gasteiger charge is 2.31. The SMILES string of the molecule is COc1ccc(C)cc1NC(=O)NCc1cccc(OC(F)(F)F)c1. The fourth-order valence-electron chi connectivity index (χ4n) is 2.12. The molecule has 0 saturated carbocycles. The number of carbonyl (C=O) groups excluding carboxylic acids is 1. The molecule has 0 bridgehead atoms. The van der Waals surface area contributed by atoms with Crippen molar-refractivity contribution in [3.8, 4) is 11.5 Å². The predicted octanol–water partition coefficient (Wildman–Crippen LogP) is 4.22. The highest BCUT2D eigenvalue weighted by molar-refractivity contribution is 5.91. The molecule has 2 amide bonds. The highest BCUT2D eigenvalue weighted by atomic mass is 19.4. The van der Waals surface area contributed by atoms with Gasteiger partial charge >= 0.3 is 12.4 Å². The van der Waals surface area contributed by atoms with Crippen molar-refractivity contribution in [2.75, 3.05) is 12.4 Å². The van der Waals surface area contributed by atoms with Crippen LogP contribution in [0, 0.1) is 6.92 Å². The van der Waals surface area contributed by atoms with Gasteiger partial charge in [-0.2, -0.15) is 0 Å². The number of anilines is 1. The van der Waals surface area contributed by atoms with Gasteiger partial charge in [0.25, 0.3) is 0 Å². The quantitative estimate of drug-likeness (QED) is 0.845. The topological polar surface area (TPSA) is 59.6 Å². The Labute approximate surface area is 142 Å². The number of alkyl halides is 3. The minimum Gasteiger partial charge on any atom is -0.495 e. The van der Waals surface area contributed by atoms with Crippen molar-refractivity contribution in [1.29, 1.82) is 0 Å². The van der Waals surface area contributed by atoms with Crippen molar-refractivity contribution in [3.63, 3.8) is 0 Å². The van der Waals surface area contributed by atoms with E-state index in [0.717, 1.165) is 5.56 Å². The molecular formula is C17H17F3N2O3. The van der Waals surface area contributed by atoms with E-state index in [1.54, 1.807) is 18.2 Å². The summed E-state index contributed by atoms with van der Waals surface area (Å²) in [6, 6.07) is 10.2. The maximum absolute atomic E-state index is 12.2. The van der Waals surface area contributed by atoms with Crippen LogP contribution in [0.5, 0.6) is 11.5 Å². The number of carbonyl (C=O) groups is 1. The van der Waals surface area contributed by atoms with Crippen LogP contribution in [0.3, 0.4) is 0 Å². The maximum atomic E-state index is 12.2. The van der Waals surface area contributed by atoms with Crippen molar-refractivity contribution in [3.05, 3.63) is 53.6 Å². The minimum atomic E-state index is -4.76. The van der Waals surface area contributed by atoms with Crippen LogP contribution in [0.2, 0.25) is 0 Å². The Bertz CT molecular complexity index is 748. The number of methoxy groups -OCH3 is 1. The van der Waals surface area contributed by atoms with Gasteiger partial charge in [-0.3, -0.25) is 0 Å². The molecule has 0 heterocycles. The molecule has 134 valence electrons. The molecule has 0 aliphatic rings. The van der Waals surface area contributed by atoms with Gasteiger partial charge in [-0.05, 0) is 42.3 Å². The molecule has 0 spiro atoms. The summed E-state index contributed by atoms with van der Waals surface area (Å²) in [5, 5.41) is 5.20. The molecule has 0 aromatic heterocycles. The van der Waals surface area contributed by atoms with E-state index in [4.69, 9.17) is 4.74 Å². The van der Waals surface area contributed by atoms with Gasteiger partial charge in [-0.25, -0.2) is 4.79 Å². The lowest BCUT2D eigenvalue weighted by molar-refractivity contribution is -0.274. The summed E-state index contributed by atoms with van der Waals surface area (Å²) in [6.45, 7) is 1.91. The summed E-state index contributed by atoms with van der Waals surface area (Å²) >= 11 is 0. The summed E-state index contributed by atoms with van der Waals surface area (Å²) in [5.41, 5.74) is 1.90. The molecule has 0 fully saturated rings. The van der Waals surface area contributed by atoms with Gasteiger partial charge in [0.05, 0.1) is 12.8 Å². The monoisotopic (exact) mass is 354 g/mol. The third-order valence-corrected chi connectivity index (χ3v) is 3.19. The molecule has 0 atom stereocenters. The Balaban J connectivity index is 1.96. The van der Waals surface area contributed by atoms with Gasteiger partial charge in [-0.15, -0.1) is 13.2 Å². The molecule has 5 nitrogen and oxygen atoms in total. The van der Waals surface area contributed by atoms with E-state index in [1.807, 2.05) is 13.0 Å². The lowest BCUT2D eigenvalue weighted by Gasteiger charge is -2.13. The molecule has 2 aromatic carbocycles. The number of halogens is 3. The zero-order valence-electron chi connectivity index (χ0n) is 13.6. The molecule has 0 aliphatic carbocycles. The maximum Gasteiger partial charge on any atom is 0.573 e. The minimum absolute atomic E-state index is 0.0367. The number of aryl methyl sites for hydroxylation is 1. The second kappa shape index (κ2) is 7.78. The van der Waals surface area contributed by atoms with E-state index in [1.165, 1.54) is 25.3 Å². The molecular weight excluding hydrogens is 337 g/mol. The Hall–Kier alpha value is -2.90. The zero-order chi connectivity index (χ0) is 18.4. The average Bonchev–Trinajstić information content (AvgIpc) is 2.52. The molecule has 0 aliphatic heterocycles. The second-order valence-electron chi connectivity index (χ2n) is 5.21. The number of urea groups is 1. The summed E-state index contributed by atoms with van der Waals surface area (Å²) in [5.74, 6) is 0.161. The number of amides is 2. The largest absolute Gasteiger partial charge is 0.573 e. The molecule has 0 unspecified atom stereocenters. The van der Waals surface area contributed by atoms with Gasteiger partial charge in [0, 0.05) is 6.54 Å². The van der Waals surface area contributed by atoms with Crippen LogP contribution >= 0.6 is 0 Å². The number of nitrogens with one attached hydrogen (secondary N) is 2. The average molecular weight is 354 g/mol. The summed E-state index contributed by atoms with van der Waals surface area (Å²) in [6.07, 6.45) is -4.76. The molecule has 2 aromatic rings. The van der Waals surface area contributed by atoms with Crippen molar-refractivity contribution < 1.29 is 27.4 Å². The Kier molecular flexibility index (Phi) is 5.74. The molecule has 2 rings (SSSR count). The normalized spacial score (nSPS) is 10.9. The van der Waals surface area contributed by atoms with Crippen LogP contribution in [0.1, 0.15) is 11.1 Å². The summed E-state index contributed by atoms with van der Waals surface area (Å²) in [4.78, 5) is 12.0. The number of benzene rings is 2. The van der Waals surface area contributed by atoms with Gasteiger partial charge in [0.15, 0.2) is 0 Å². The number of rotatable bonds is 5. The Morgan fingerprint density at radius 3 is 2.60 bits per heavy atom. The van der Waals surface area contributed by atoms with Gasteiger partial charge in [-0.1, -0.05) is 18.2 Å². The van der Waals surface area contributed by atoms with E-state index in [2.05, 4.69) is 15.4 Å². The van der Waals surface area contributed by atoms with E-state index in [0.29, 0.717) is 17.0 Å². The van der Waals surface area contributed by atoms with Gasteiger partial charge in [0.2, 0.25) is 0 Å². The Morgan fingerprint density at radius 1 is 1.16 bits per heavy atom. The fourth-order valence-corrected chi connectivity index (χ4v) is 2.12. The smallest absolute Gasteiger partial charge is 0.495 e. The van der Waals surface area contributed by atoms with Crippen LogP contribution in [0.15, 0.2) is 42.5 Å². The second-order valence-corrected chi connectivity index (χ2v) is 5.21. The van der Waals surface area contributed by atoms with Gasteiger partial charge < -0.3 is 20.1 Å². The number of ether oxygens (including phenoxy) is 2. The van der Waals surface area contributed by atoms with E-state index in [-0.39, 0.29) is 12.3 Å². The van der Waals surface area contributed by atoms with E-state index >= 15 is 0 Å². The van der Waals surface area contributed by atoms with Crippen molar-refractivity contribution in [2.45, 2.75) is 19.8 Å². The predicted molar refractivity (Wildman–Crippen MR) is 86.7 cm³/mol. The summed E-state index contributed by atoms with van der Waals surface area (Å²) in [7, 11) is 1.49. The van der Waals surface area contributed by atoms with Crippen molar-refractivity contribution in [1.82, 2.24) is 5.32 Å². The number of hydrogen-bond donors (Lipinski definition) is 2. The zero-order valence-corrected chi connectivity index (χ0v) is 13.6. The number of hydrogen-bond acceptors (Lipinski definition) is 3. The molecule has 8 heteroatoms. The summed E-state index contributed by atoms with van der Waals surface area (Å²) < 4.78 is 45.7. The van der Waals surface area contributed by atoms with Crippen LogP contribution < -0.4 is 20.1 Å². The van der Waals surface area contributed by atoms with Crippen LogP contribution in [-0.2, 0) is 6.54 Å². The van der Waals surface area contributed by atoms with Crippen molar-refractivity contribution >= 4 is 11.7 Å². The molecule has 0 saturated heterocycles. The first-order valence-corrected chi connectivity index (χ1v) is 7.31. The lowest BCUT2D eigenvalue weighted by Crippen LogP contribution is -2.28. The molecule has 2 N–H and O–H groups in total. The van der Waals surface area contributed by atoms with Gasteiger partial charge in [0.1, 0.15) is 11.5 Å². The van der Waals surface area contributed by atoms with Crippen LogP contribution in [0.4, 0.5) is 23.7 Å². The third-order valence-electron chi connectivity index (χ3n) is 3.19. The molecule has 0 radical (unpaired) electrons. The van der Waals surface area contributed by atoms with E-state index < -0.39 is 12.4 Å². The molecule has 25 heavy (non-hydrogen) atoms. The van der Waals surface area contributed by atoms with Crippen molar-refractivity contribution in [2.24, 2.45) is 0 Å². The first-order chi connectivity index (χ1) is 11.8. The van der Waals surface area contributed by atoms with Crippen LogP contribution in [0.25, 0.3) is 0 Å². The first-order valence-electron chi connectivity index (χ1n) is 7.31. The van der Waals surface area contributed by atoms with Crippen LogP contribution in [-0.4, -0.2) is 19.5 Å². The van der Waals surface area contributed by atoms with E-state index in [9.17, 15) is 18.0 Å². The standard InChI is InChI=1S/C17H17F3N2O3/c1-11-6-7-15(24-2)14(8-11)22-16(23)21-10-12-4-3-5-13(9-12)25-17(18,19)20/h3-9H,10H2,1-2H3,(H2,21,22,23). The fraction of sp³-hybridized carbons (Fsp3) is 0.235.